The summed E-state index contributed by atoms with van der Waals surface area (Å²) in [6.45, 7) is -0.0679. The number of amides is 2. The first-order chi connectivity index (χ1) is 15.2. The summed E-state index contributed by atoms with van der Waals surface area (Å²) in [7, 11) is 1.40. The molecule has 172 valence electrons. The van der Waals surface area contributed by atoms with Crippen LogP contribution in [0.15, 0.2) is 48.5 Å². The number of rotatable bonds is 6. The molecule has 1 saturated heterocycles. The third kappa shape index (κ3) is 5.85. The predicted molar refractivity (Wildman–Crippen MR) is 109 cm³/mol. The van der Waals surface area contributed by atoms with Crippen LogP contribution < -0.4 is 5.32 Å². The molecule has 32 heavy (non-hydrogen) atoms. The van der Waals surface area contributed by atoms with Crippen LogP contribution >= 0.6 is 0 Å². The van der Waals surface area contributed by atoms with Crippen molar-refractivity contribution in [3.05, 3.63) is 71.0 Å². The monoisotopic (exact) mass is 452 g/mol. The van der Waals surface area contributed by atoms with Crippen LogP contribution in [-0.2, 0) is 27.0 Å². The van der Waals surface area contributed by atoms with Gasteiger partial charge in [0.15, 0.2) is 0 Å². The van der Waals surface area contributed by atoms with Gasteiger partial charge in [-0.05, 0) is 48.2 Å². The Morgan fingerprint density at radius 1 is 1.12 bits per heavy atom. The lowest BCUT2D eigenvalue weighted by Crippen LogP contribution is -2.47. The first-order valence-electron chi connectivity index (χ1n) is 10.2. The number of likely N-dealkylation sites (tertiary alicyclic amines) is 1. The minimum atomic E-state index is -4.46. The van der Waals surface area contributed by atoms with Gasteiger partial charge in [-0.15, -0.1) is 0 Å². The molecular formula is C23H24F4N2O3. The molecule has 1 N–H and O–H groups in total. The molecule has 0 aromatic heterocycles. The van der Waals surface area contributed by atoms with Crippen LogP contribution in [0.5, 0.6) is 0 Å². The van der Waals surface area contributed by atoms with Crippen LogP contribution in [0, 0.1) is 11.7 Å². The molecule has 2 unspecified atom stereocenters. The molecule has 0 saturated carbocycles. The molecule has 0 aliphatic carbocycles. The first kappa shape index (κ1) is 23.7. The smallest absolute Gasteiger partial charge is 0.375 e. The quantitative estimate of drug-likeness (QED) is 0.672. The standard InChI is InChI=1S/C23H24F4N2O3/c1-32-14-21(30)29-13-17(7-10-20(29)16-5-8-19(24)9-6-16)22(31)28-12-15-3-2-4-18(11-15)23(25,26)27/h2-6,8-9,11,17,20H,7,10,12-14H2,1H3,(H,28,31). The average molecular weight is 452 g/mol. The van der Waals surface area contributed by atoms with E-state index in [-0.39, 0.29) is 43.4 Å². The van der Waals surface area contributed by atoms with Gasteiger partial charge in [0.25, 0.3) is 0 Å². The molecule has 0 bridgehead atoms. The Morgan fingerprint density at radius 2 is 1.84 bits per heavy atom. The van der Waals surface area contributed by atoms with Gasteiger partial charge in [-0.2, -0.15) is 13.2 Å². The van der Waals surface area contributed by atoms with Crippen molar-refractivity contribution in [1.82, 2.24) is 10.2 Å². The van der Waals surface area contributed by atoms with E-state index in [9.17, 15) is 27.2 Å². The number of hydrogen-bond acceptors (Lipinski definition) is 3. The molecule has 1 heterocycles. The van der Waals surface area contributed by atoms with Crippen molar-refractivity contribution in [3.8, 4) is 0 Å². The molecule has 1 aliphatic rings. The Balaban J connectivity index is 1.67. The Labute approximate surface area is 183 Å². The Hall–Kier alpha value is -2.94. The molecular weight excluding hydrogens is 428 g/mol. The van der Waals surface area contributed by atoms with Crippen molar-refractivity contribution in [1.29, 1.82) is 0 Å². The number of alkyl halides is 3. The molecule has 2 aromatic rings. The van der Waals surface area contributed by atoms with Crippen LogP contribution in [-0.4, -0.2) is 37.0 Å². The molecule has 9 heteroatoms. The van der Waals surface area contributed by atoms with E-state index in [1.807, 2.05) is 0 Å². The number of methoxy groups -OCH3 is 1. The summed E-state index contributed by atoms with van der Waals surface area (Å²) in [5, 5.41) is 2.68. The second-order valence-corrected chi connectivity index (χ2v) is 7.74. The molecule has 0 radical (unpaired) electrons. The first-order valence-corrected chi connectivity index (χ1v) is 10.2. The van der Waals surface area contributed by atoms with E-state index in [0.717, 1.165) is 17.7 Å². The summed E-state index contributed by atoms with van der Waals surface area (Å²) < 4.78 is 56.9. The lowest BCUT2D eigenvalue weighted by Gasteiger charge is -2.39. The molecule has 1 fully saturated rings. The zero-order valence-electron chi connectivity index (χ0n) is 17.5. The summed E-state index contributed by atoms with van der Waals surface area (Å²) >= 11 is 0. The number of nitrogens with zero attached hydrogens (tertiary/aromatic N) is 1. The third-order valence-electron chi connectivity index (χ3n) is 5.52. The van der Waals surface area contributed by atoms with Crippen molar-refractivity contribution in [2.75, 3.05) is 20.3 Å². The fourth-order valence-corrected chi connectivity index (χ4v) is 3.89. The summed E-state index contributed by atoms with van der Waals surface area (Å²) in [4.78, 5) is 26.9. The van der Waals surface area contributed by atoms with Gasteiger partial charge in [-0.25, -0.2) is 4.39 Å². The zero-order chi connectivity index (χ0) is 23.3. The summed E-state index contributed by atoms with van der Waals surface area (Å²) in [5.74, 6) is -1.53. The van der Waals surface area contributed by atoms with Crippen molar-refractivity contribution >= 4 is 11.8 Å². The van der Waals surface area contributed by atoms with E-state index >= 15 is 0 Å². The van der Waals surface area contributed by atoms with Crippen LogP contribution in [0.4, 0.5) is 17.6 Å². The third-order valence-corrected chi connectivity index (χ3v) is 5.52. The Bertz CT molecular complexity index is 947. The topological polar surface area (TPSA) is 58.6 Å². The van der Waals surface area contributed by atoms with Crippen LogP contribution in [0.1, 0.15) is 35.6 Å². The number of ether oxygens (including phenoxy) is 1. The molecule has 1 aliphatic heterocycles. The Kier molecular flexibility index (Phi) is 7.50. The minimum Gasteiger partial charge on any atom is -0.375 e. The maximum absolute atomic E-state index is 13.3. The normalized spacial score (nSPS) is 19.0. The van der Waals surface area contributed by atoms with Gasteiger partial charge in [0, 0.05) is 20.2 Å². The van der Waals surface area contributed by atoms with Gasteiger partial charge in [-0.3, -0.25) is 9.59 Å². The fourth-order valence-electron chi connectivity index (χ4n) is 3.89. The summed E-state index contributed by atoms with van der Waals surface area (Å²) in [6, 6.07) is 10.3. The number of piperidine rings is 1. The number of carbonyl (C=O) groups is 2. The number of nitrogens with one attached hydrogen (secondary N) is 1. The lowest BCUT2D eigenvalue weighted by molar-refractivity contribution is -0.142. The van der Waals surface area contributed by atoms with Crippen LogP contribution in [0.25, 0.3) is 0 Å². The SMILES string of the molecule is COCC(=O)N1CC(C(=O)NCc2cccc(C(F)(F)F)c2)CCC1c1ccc(F)cc1. The van der Waals surface area contributed by atoms with Crippen LogP contribution in [0.2, 0.25) is 0 Å². The highest BCUT2D eigenvalue weighted by Crippen LogP contribution is 2.34. The highest BCUT2D eigenvalue weighted by Gasteiger charge is 2.35. The highest BCUT2D eigenvalue weighted by atomic mass is 19.4. The van der Waals surface area contributed by atoms with Gasteiger partial charge in [0.1, 0.15) is 12.4 Å². The van der Waals surface area contributed by atoms with Gasteiger partial charge in [-0.1, -0.05) is 24.3 Å². The molecule has 2 atom stereocenters. The van der Waals surface area contributed by atoms with Gasteiger partial charge < -0.3 is 15.0 Å². The van der Waals surface area contributed by atoms with E-state index in [1.54, 1.807) is 17.0 Å². The molecule has 0 spiro atoms. The van der Waals surface area contributed by atoms with Crippen LogP contribution in [0.3, 0.4) is 0 Å². The molecule has 2 amide bonds. The van der Waals surface area contributed by atoms with E-state index in [2.05, 4.69) is 5.32 Å². The van der Waals surface area contributed by atoms with E-state index in [1.165, 1.54) is 31.4 Å². The van der Waals surface area contributed by atoms with E-state index in [0.29, 0.717) is 18.4 Å². The van der Waals surface area contributed by atoms with Crippen molar-refractivity contribution in [2.45, 2.75) is 31.6 Å². The molecule has 3 rings (SSSR count). The molecule has 2 aromatic carbocycles. The highest BCUT2D eigenvalue weighted by molar-refractivity contribution is 5.82. The second kappa shape index (κ2) is 10.1. The maximum atomic E-state index is 13.3. The summed E-state index contributed by atoms with van der Waals surface area (Å²) in [6.07, 6.45) is -3.49. The largest absolute Gasteiger partial charge is 0.416 e. The summed E-state index contributed by atoms with van der Waals surface area (Å²) in [5.41, 5.74) is 0.319. The number of halogens is 4. The maximum Gasteiger partial charge on any atom is 0.416 e. The van der Waals surface area contributed by atoms with Crippen molar-refractivity contribution in [2.24, 2.45) is 5.92 Å². The van der Waals surface area contributed by atoms with E-state index in [4.69, 9.17) is 4.74 Å². The van der Waals surface area contributed by atoms with E-state index < -0.39 is 17.7 Å². The minimum absolute atomic E-state index is 0.0489. The van der Waals surface area contributed by atoms with Gasteiger partial charge in [0.2, 0.25) is 11.8 Å². The molecule has 5 nitrogen and oxygen atoms in total. The van der Waals surface area contributed by atoms with Gasteiger partial charge in [0.05, 0.1) is 17.5 Å². The number of benzene rings is 2. The number of carbonyl (C=O) groups excluding carboxylic acids is 2. The second-order valence-electron chi connectivity index (χ2n) is 7.74. The Morgan fingerprint density at radius 3 is 2.50 bits per heavy atom. The average Bonchev–Trinajstić information content (AvgIpc) is 2.77. The van der Waals surface area contributed by atoms with Crippen molar-refractivity contribution < 1.29 is 31.9 Å². The number of hydrogen-bond donors (Lipinski definition) is 1. The predicted octanol–water partition coefficient (Wildman–Crippen LogP) is 4.09. The zero-order valence-corrected chi connectivity index (χ0v) is 17.5. The lowest BCUT2D eigenvalue weighted by atomic mass is 9.88. The fraction of sp³-hybridized carbons (Fsp3) is 0.391. The van der Waals surface area contributed by atoms with Crippen molar-refractivity contribution in [3.63, 3.8) is 0 Å². The van der Waals surface area contributed by atoms with Gasteiger partial charge >= 0.3 is 6.18 Å².